The summed E-state index contributed by atoms with van der Waals surface area (Å²) < 4.78 is 2.62. The fourth-order valence-corrected chi connectivity index (χ4v) is 6.14. The van der Waals surface area contributed by atoms with Gasteiger partial charge in [-0.25, -0.2) is 4.98 Å². The lowest BCUT2D eigenvalue weighted by molar-refractivity contribution is 1.27. The highest BCUT2D eigenvalue weighted by molar-refractivity contribution is 8.32. The Labute approximate surface area is 157 Å². The zero-order valence-electron chi connectivity index (χ0n) is 12.8. The molecular formula is C19H9N3S3. The van der Waals surface area contributed by atoms with Crippen molar-refractivity contribution < 1.29 is 0 Å². The van der Waals surface area contributed by atoms with E-state index >= 15 is 0 Å². The highest BCUT2D eigenvalue weighted by Gasteiger charge is 2.20. The van der Waals surface area contributed by atoms with Gasteiger partial charge in [0.05, 0.1) is 14.5 Å². The Morgan fingerprint density at radius 3 is 2.04 bits per heavy atom. The lowest BCUT2D eigenvalue weighted by Gasteiger charge is -1.97. The van der Waals surface area contributed by atoms with Crippen LogP contribution in [0.2, 0.25) is 0 Å². The standard InChI is InChI=1S/C19H9N3S3/c20-10-13(11-21)18-22-16(12-6-2-1-3-7-12)17(25-18)19-23-14-8-4-5-9-15(14)24-19/h1-9H. The van der Waals surface area contributed by atoms with Gasteiger partial charge in [0.2, 0.25) is 0 Å². The molecule has 0 unspecified atom stereocenters. The van der Waals surface area contributed by atoms with Crippen LogP contribution in [0.1, 0.15) is 0 Å². The van der Waals surface area contributed by atoms with E-state index in [0.717, 1.165) is 20.0 Å². The maximum Gasteiger partial charge on any atom is 0.165 e. The molecule has 2 aromatic carbocycles. The van der Waals surface area contributed by atoms with Crippen LogP contribution in [0.5, 0.6) is 0 Å². The molecule has 118 valence electrons. The molecule has 3 nitrogen and oxygen atoms in total. The summed E-state index contributed by atoms with van der Waals surface area (Å²) in [5, 5.41) is 18.4. The Morgan fingerprint density at radius 1 is 0.840 bits per heavy atom. The smallest absolute Gasteiger partial charge is 0.165 e. The molecule has 0 atom stereocenters. The van der Waals surface area contributed by atoms with Gasteiger partial charge in [0.15, 0.2) is 5.57 Å². The van der Waals surface area contributed by atoms with E-state index < -0.39 is 0 Å². The summed E-state index contributed by atoms with van der Waals surface area (Å²) in [6, 6.07) is 22.0. The van der Waals surface area contributed by atoms with Gasteiger partial charge in [-0.1, -0.05) is 66.0 Å². The van der Waals surface area contributed by atoms with Crippen molar-refractivity contribution in [2.24, 2.45) is 0 Å². The molecule has 1 aliphatic rings. The average molecular weight is 376 g/mol. The maximum absolute atomic E-state index is 9.20. The van der Waals surface area contributed by atoms with Gasteiger partial charge in [-0.05, 0) is 12.1 Å². The van der Waals surface area contributed by atoms with Gasteiger partial charge in [0, 0.05) is 15.4 Å². The molecule has 0 saturated carbocycles. The summed E-state index contributed by atoms with van der Waals surface area (Å²) in [4.78, 5) is 7.07. The Kier molecular flexibility index (Phi) is 4.33. The van der Waals surface area contributed by atoms with Crippen LogP contribution in [0, 0.1) is 22.7 Å². The Bertz CT molecular complexity index is 1120. The van der Waals surface area contributed by atoms with Crippen molar-refractivity contribution in [1.82, 2.24) is 4.98 Å². The quantitative estimate of drug-likeness (QED) is 0.644. The topological polar surface area (TPSA) is 60.5 Å². The minimum Gasteiger partial charge on any atom is -0.234 e. The minimum atomic E-state index is 0.0551. The summed E-state index contributed by atoms with van der Waals surface area (Å²) in [6.45, 7) is 0. The average Bonchev–Trinajstić information content (AvgIpc) is 3.28. The Morgan fingerprint density at radius 2 is 1.44 bits per heavy atom. The second-order valence-corrected chi connectivity index (χ2v) is 8.46. The van der Waals surface area contributed by atoms with E-state index in [-0.39, 0.29) is 5.57 Å². The van der Waals surface area contributed by atoms with Crippen molar-refractivity contribution in [1.29, 1.82) is 10.5 Å². The van der Waals surface area contributed by atoms with Crippen LogP contribution in [-0.2, 0) is 0 Å². The normalized spacial score (nSPS) is 12.3. The number of fused-ring (bicyclic) bond motifs is 1. The predicted molar refractivity (Wildman–Crippen MR) is 103 cm³/mol. The number of hydrogen-bond donors (Lipinski definition) is 0. The van der Waals surface area contributed by atoms with Gasteiger partial charge in [-0.15, -0.1) is 11.3 Å². The first kappa shape index (κ1) is 16.0. The Hall–Kier alpha value is -2.51. The third kappa shape index (κ3) is 2.96. The van der Waals surface area contributed by atoms with E-state index in [1.165, 1.54) is 21.1 Å². The summed E-state index contributed by atoms with van der Waals surface area (Å²) in [7, 11) is 0. The third-order valence-electron chi connectivity index (χ3n) is 3.55. The Balaban J connectivity index is 2.01. The SMILES string of the molecule is N#CC(C#N)=c1nc(-c2ccccc2)c(=C2Sc3ccccc3S2)s1. The molecule has 0 fully saturated rings. The molecule has 0 amide bonds. The monoisotopic (exact) mass is 375 g/mol. The van der Waals surface area contributed by atoms with E-state index in [1.807, 2.05) is 54.6 Å². The van der Waals surface area contributed by atoms with Gasteiger partial charge >= 0.3 is 0 Å². The first-order valence-electron chi connectivity index (χ1n) is 7.36. The van der Waals surface area contributed by atoms with E-state index in [1.54, 1.807) is 23.5 Å². The van der Waals surface area contributed by atoms with E-state index in [9.17, 15) is 10.5 Å². The number of benzene rings is 2. The first-order chi connectivity index (χ1) is 12.3. The van der Waals surface area contributed by atoms with Gasteiger partial charge in [-0.3, -0.25) is 0 Å². The fraction of sp³-hybridized carbons (Fsp3) is 0. The molecule has 6 heteroatoms. The highest BCUT2D eigenvalue weighted by atomic mass is 32.2. The number of aromatic nitrogens is 1. The number of rotatable bonds is 1. The number of thiazole rings is 1. The van der Waals surface area contributed by atoms with Gasteiger partial charge in [0.25, 0.3) is 0 Å². The molecule has 1 aromatic heterocycles. The van der Waals surface area contributed by atoms with Crippen molar-refractivity contribution in [3.63, 3.8) is 0 Å². The van der Waals surface area contributed by atoms with Crippen molar-refractivity contribution in [3.8, 4) is 23.4 Å². The zero-order valence-corrected chi connectivity index (χ0v) is 15.2. The molecule has 0 aliphatic carbocycles. The molecule has 0 spiro atoms. The number of hydrogen-bond acceptors (Lipinski definition) is 6. The van der Waals surface area contributed by atoms with E-state index in [0.29, 0.717) is 4.66 Å². The molecule has 0 bridgehead atoms. The van der Waals surface area contributed by atoms with E-state index in [2.05, 4.69) is 17.1 Å². The van der Waals surface area contributed by atoms with Crippen molar-refractivity contribution in [2.45, 2.75) is 9.79 Å². The highest BCUT2D eigenvalue weighted by Crippen LogP contribution is 2.51. The van der Waals surface area contributed by atoms with Crippen LogP contribution in [-0.4, -0.2) is 4.98 Å². The summed E-state index contributed by atoms with van der Waals surface area (Å²) >= 11 is 4.83. The molecule has 25 heavy (non-hydrogen) atoms. The lowest BCUT2D eigenvalue weighted by atomic mass is 10.2. The van der Waals surface area contributed by atoms with Crippen LogP contribution < -0.4 is 9.20 Å². The second-order valence-electron chi connectivity index (χ2n) is 5.10. The van der Waals surface area contributed by atoms with Gasteiger partial charge in [-0.2, -0.15) is 10.5 Å². The molecule has 0 radical (unpaired) electrons. The van der Waals surface area contributed by atoms with Crippen LogP contribution >= 0.6 is 34.9 Å². The largest absolute Gasteiger partial charge is 0.234 e. The van der Waals surface area contributed by atoms with Crippen LogP contribution in [0.3, 0.4) is 0 Å². The molecule has 0 N–H and O–H groups in total. The molecule has 1 aliphatic heterocycles. The van der Waals surface area contributed by atoms with Gasteiger partial charge in [0.1, 0.15) is 16.8 Å². The van der Waals surface area contributed by atoms with Gasteiger partial charge < -0.3 is 0 Å². The summed E-state index contributed by atoms with van der Waals surface area (Å²) in [5.74, 6) is 0. The molecular weight excluding hydrogens is 366 g/mol. The number of thioether (sulfide) groups is 2. The number of nitrogens with zero attached hydrogens (tertiary/aromatic N) is 3. The number of nitriles is 2. The van der Waals surface area contributed by atoms with Crippen molar-refractivity contribution in [3.05, 3.63) is 63.8 Å². The summed E-state index contributed by atoms with van der Waals surface area (Å²) in [5.41, 5.74) is 1.87. The van der Waals surface area contributed by atoms with Crippen molar-refractivity contribution in [2.75, 3.05) is 0 Å². The van der Waals surface area contributed by atoms with Crippen LogP contribution in [0.25, 0.3) is 21.1 Å². The molecule has 4 rings (SSSR count). The molecule has 3 aromatic rings. The molecule has 2 heterocycles. The van der Waals surface area contributed by atoms with Crippen LogP contribution in [0.4, 0.5) is 0 Å². The van der Waals surface area contributed by atoms with E-state index in [4.69, 9.17) is 0 Å². The van der Waals surface area contributed by atoms with Crippen LogP contribution in [0.15, 0.2) is 64.4 Å². The first-order valence-corrected chi connectivity index (χ1v) is 9.81. The maximum atomic E-state index is 9.20. The zero-order chi connectivity index (χ0) is 17.2. The van der Waals surface area contributed by atoms with Crippen molar-refractivity contribution >= 4 is 44.7 Å². The predicted octanol–water partition coefficient (Wildman–Crippen LogP) is 3.97. The third-order valence-corrected chi connectivity index (χ3v) is 7.46. The minimum absolute atomic E-state index is 0.0551. The fourth-order valence-electron chi connectivity index (χ4n) is 2.41. The lowest BCUT2D eigenvalue weighted by Crippen LogP contribution is -2.01. The second kappa shape index (κ2) is 6.78. The molecule has 0 saturated heterocycles. The summed E-state index contributed by atoms with van der Waals surface area (Å²) in [6.07, 6.45) is 0.